The first kappa shape index (κ1) is 15.9. The molecule has 0 amide bonds. The molecule has 19 heavy (non-hydrogen) atoms. The summed E-state index contributed by atoms with van der Waals surface area (Å²) >= 11 is 0. The summed E-state index contributed by atoms with van der Waals surface area (Å²) in [5.74, 6) is 0.0113. The summed E-state index contributed by atoms with van der Waals surface area (Å²) in [7, 11) is 0. The van der Waals surface area contributed by atoms with Gasteiger partial charge in [-0.1, -0.05) is 82.2 Å². The molecule has 0 bridgehead atoms. The second-order valence-corrected chi connectivity index (χ2v) is 5.23. The Labute approximate surface area is 117 Å². The predicted molar refractivity (Wildman–Crippen MR) is 82.8 cm³/mol. The predicted octanol–water partition coefficient (Wildman–Crippen LogP) is 6.53. The lowest BCUT2D eigenvalue weighted by Gasteiger charge is -2.01. The molecule has 1 aromatic rings. The first-order valence-electron chi connectivity index (χ1n) is 7.74. The van der Waals surface area contributed by atoms with Crippen LogP contribution in [0.25, 0.3) is 6.08 Å². The van der Waals surface area contributed by atoms with Crippen molar-refractivity contribution < 1.29 is 4.39 Å². The molecule has 0 aliphatic carbocycles. The van der Waals surface area contributed by atoms with Gasteiger partial charge in [-0.3, -0.25) is 0 Å². The number of benzene rings is 1. The fourth-order valence-corrected chi connectivity index (χ4v) is 2.23. The zero-order valence-electron chi connectivity index (χ0n) is 12.2. The lowest BCUT2D eigenvalue weighted by Crippen LogP contribution is -1.82. The SMILES string of the molecule is CCCCCCCCCC/C(F)=C/c1ccccc1. The van der Waals surface area contributed by atoms with Crippen molar-refractivity contribution in [2.75, 3.05) is 0 Å². The average molecular weight is 262 g/mol. The first-order valence-corrected chi connectivity index (χ1v) is 7.74. The van der Waals surface area contributed by atoms with Crippen molar-refractivity contribution in [2.24, 2.45) is 0 Å². The second kappa shape index (κ2) is 10.8. The maximum Gasteiger partial charge on any atom is 0.101 e. The summed E-state index contributed by atoms with van der Waals surface area (Å²) in [5.41, 5.74) is 0.958. The Bertz CT molecular complexity index is 340. The summed E-state index contributed by atoms with van der Waals surface area (Å²) in [4.78, 5) is 0. The Hall–Kier alpha value is -1.11. The van der Waals surface area contributed by atoms with Crippen molar-refractivity contribution in [3.8, 4) is 0 Å². The lowest BCUT2D eigenvalue weighted by molar-refractivity contribution is 0.538. The van der Waals surface area contributed by atoms with Crippen LogP contribution < -0.4 is 0 Å². The molecule has 0 atom stereocenters. The van der Waals surface area contributed by atoms with Gasteiger partial charge in [0.05, 0.1) is 0 Å². The fraction of sp³-hybridized carbons (Fsp3) is 0.556. The van der Waals surface area contributed by atoms with Crippen molar-refractivity contribution in [1.29, 1.82) is 0 Å². The average Bonchev–Trinajstić information content (AvgIpc) is 2.43. The van der Waals surface area contributed by atoms with Gasteiger partial charge >= 0.3 is 0 Å². The van der Waals surface area contributed by atoms with Crippen LogP contribution in [0.3, 0.4) is 0 Å². The molecule has 0 fully saturated rings. The highest BCUT2D eigenvalue weighted by atomic mass is 19.1. The van der Waals surface area contributed by atoms with Crippen LogP contribution in [0.15, 0.2) is 36.2 Å². The molecule has 1 rings (SSSR count). The molecule has 1 aromatic carbocycles. The highest BCUT2D eigenvalue weighted by molar-refractivity contribution is 5.50. The van der Waals surface area contributed by atoms with E-state index in [4.69, 9.17) is 0 Å². The summed E-state index contributed by atoms with van der Waals surface area (Å²) < 4.78 is 13.6. The quantitative estimate of drug-likeness (QED) is 0.421. The van der Waals surface area contributed by atoms with Crippen molar-refractivity contribution >= 4 is 6.08 Å². The Kier molecular flexibility index (Phi) is 9.05. The summed E-state index contributed by atoms with van der Waals surface area (Å²) in [6.07, 6.45) is 12.3. The Morgan fingerprint density at radius 3 is 2.11 bits per heavy atom. The number of unbranched alkanes of at least 4 members (excludes halogenated alkanes) is 7. The third-order valence-corrected chi connectivity index (χ3v) is 3.39. The van der Waals surface area contributed by atoms with E-state index in [0.29, 0.717) is 6.42 Å². The molecule has 0 aromatic heterocycles. The molecule has 106 valence electrons. The zero-order valence-corrected chi connectivity index (χ0v) is 12.2. The van der Waals surface area contributed by atoms with Crippen LogP contribution in [-0.4, -0.2) is 0 Å². The van der Waals surface area contributed by atoms with Gasteiger partial charge in [0.2, 0.25) is 0 Å². The van der Waals surface area contributed by atoms with E-state index in [2.05, 4.69) is 6.92 Å². The van der Waals surface area contributed by atoms with Crippen molar-refractivity contribution in [3.05, 3.63) is 41.7 Å². The summed E-state index contributed by atoms with van der Waals surface area (Å²) in [6, 6.07) is 9.71. The number of rotatable bonds is 10. The summed E-state index contributed by atoms with van der Waals surface area (Å²) in [5, 5.41) is 0. The molecule has 0 heterocycles. The number of hydrogen-bond acceptors (Lipinski definition) is 0. The van der Waals surface area contributed by atoms with Gasteiger partial charge in [0, 0.05) is 0 Å². The molecule has 0 aliphatic heterocycles. The fourth-order valence-electron chi connectivity index (χ4n) is 2.23. The highest BCUT2D eigenvalue weighted by Crippen LogP contribution is 2.16. The molecule has 1 heteroatoms. The Balaban J connectivity index is 2.04. The maximum atomic E-state index is 13.6. The molecular formula is C18H27F. The standard InChI is InChI=1S/C18H27F/c1-2-3-4-5-6-7-8-12-15-18(19)16-17-13-10-9-11-14-17/h9-11,13-14,16H,2-8,12,15H2,1H3/b18-16-. The van der Waals surface area contributed by atoms with Gasteiger partial charge in [0.15, 0.2) is 0 Å². The minimum atomic E-state index is 0.0113. The van der Waals surface area contributed by atoms with Crippen LogP contribution in [0, 0.1) is 0 Å². The van der Waals surface area contributed by atoms with E-state index in [1.807, 2.05) is 30.3 Å². The molecule has 0 radical (unpaired) electrons. The normalized spacial score (nSPS) is 11.8. The van der Waals surface area contributed by atoms with Crippen molar-refractivity contribution in [3.63, 3.8) is 0 Å². The van der Waals surface area contributed by atoms with E-state index >= 15 is 0 Å². The Morgan fingerprint density at radius 1 is 0.895 bits per heavy atom. The second-order valence-electron chi connectivity index (χ2n) is 5.23. The van der Waals surface area contributed by atoms with Crippen LogP contribution in [-0.2, 0) is 0 Å². The monoisotopic (exact) mass is 262 g/mol. The van der Waals surface area contributed by atoms with E-state index in [1.165, 1.54) is 38.5 Å². The van der Waals surface area contributed by atoms with Gasteiger partial charge in [-0.25, -0.2) is 4.39 Å². The largest absolute Gasteiger partial charge is 0.212 e. The molecule has 0 aliphatic rings. The highest BCUT2D eigenvalue weighted by Gasteiger charge is 1.97. The van der Waals surface area contributed by atoms with Crippen LogP contribution in [0.2, 0.25) is 0 Å². The first-order chi connectivity index (χ1) is 9.33. The number of hydrogen-bond donors (Lipinski definition) is 0. The molecule has 0 saturated carbocycles. The molecule has 0 N–H and O–H groups in total. The van der Waals surface area contributed by atoms with Gasteiger partial charge in [-0.2, -0.15) is 0 Å². The van der Waals surface area contributed by atoms with Crippen LogP contribution in [0.5, 0.6) is 0 Å². The minimum absolute atomic E-state index is 0.0113. The van der Waals surface area contributed by atoms with Crippen molar-refractivity contribution in [1.82, 2.24) is 0 Å². The molecule has 0 spiro atoms. The van der Waals surface area contributed by atoms with E-state index < -0.39 is 0 Å². The molecule has 0 saturated heterocycles. The van der Waals surface area contributed by atoms with E-state index in [1.54, 1.807) is 6.08 Å². The Morgan fingerprint density at radius 2 is 1.47 bits per heavy atom. The van der Waals surface area contributed by atoms with Gasteiger partial charge < -0.3 is 0 Å². The van der Waals surface area contributed by atoms with Crippen molar-refractivity contribution in [2.45, 2.75) is 64.7 Å². The topological polar surface area (TPSA) is 0 Å². The number of halogens is 1. The third-order valence-electron chi connectivity index (χ3n) is 3.39. The third kappa shape index (κ3) is 8.58. The van der Waals surface area contributed by atoms with E-state index in [0.717, 1.165) is 18.4 Å². The van der Waals surface area contributed by atoms with Gasteiger partial charge in [0.1, 0.15) is 5.83 Å². The maximum absolute atomic E-state index is 13.6. The molecule has 0 nitrogen and oxygen atoms in total. The van der Waals surface area contributed by atoms with Gasteiger partial charge in [-0.05, 0) is 24.5 Å². The lowest BCUT2D eigenvalue weighted by atomic mass is 10.1. The van der Waals surface area contributed by atoms with Gasteiger partial charge in [-0.15, -0.1) is 0 Å². The van der Waals surface area contributed by atoms with E-state index in [9.17, 15) is 4.39 Å². The minimum Gasteiger partial charge on any atom is -0.212 e. The smallest absolute Gasteiger partial charge is 0.101 e. The molecular weight excluding hydrogens is 235 g/mol. The van der Waals surface area contributed by atoms with E-state index in [-0.39, 0.29) is 5.83 Å². The van der Waals surface area contributed by atoms with Crippen LogP contribution in [0.1, 0.15) is 70.3 Å². The van der Waals surface area contributed by atoms with Crippen LogP contribution in [0.4, 0.5) is 4.39 Å². The summed E-state index contributed by atoms with van der Waals surface area (Å²) in [6.45, 7) is 2.24. The van der Waals surface area contributed by atoms with Crippen LogP contribution >= 0.6 is 0 Å². The zero-order chi connectivity index (χ0) is 13.8. The number of allylic oxidation sites excluding steroid dienone is 1. The molecule has 0 unspecified atom stereocenters. The van der Waals surface area contributed by atoms with Gasteiger partial charge in [0.25, 0.3) is 0 Å².